The molecule has 86 valence electrons. The zero-order valence-electron chi connectivity index (χ0n) is 8.89. The Hall–Kier alpha value is -0.600. The molecule has 1 aromatic rings. The second-order valence-electron chi connectivity index (χ2n) is 4.62. The van der Waals surface area contributed by atoms with Crippen LogP contribution in [0.15, 0.2) is 12.1 Å². The Balaban J connectivity index is 1.92. The summed E-state index contributed by atoms with van der Waals surface area (Å²) in [6.45, 7) is 0.999. The monoisotopic (exact) mass is 256 g/mol. The molecule has 0 bridgehead atoms. The highest BCUT2D eigenvalue weighted by Crippen LogP contribution is 2.40. The first kappa shape index (κ1) is 10.5. The summed E-state index contributed by atoms with van der Waals surface area (Å²) in [4.78, 5) is 0. The van der Waals surface area contributed by atoms with Crippen LogP contribution in [0.5, 0.6) is 0 Å². The highest BCUT2D eigenvalue weighted by atomic mass is 35.5. The van der Waals surface area contributed by atoms with Crippen LogP contribution >= 0.6 is 23.2 Å². The molecule has 0 amide bonds. The summed E-state index contributed by atoms with van der Waals surface area (Å²) in [6, 6.07) is 4.42. The van der Waals surface area contributed by atoms with Gasteiger partial charge < -0.3 is 10.6 Å². The van der Waals surface area contributed by atoms with Crippen LogP contribution < -0.4 is 10.6 Å². The summed E-state index contributed by atoms with van der Waals surface area (Å²) in [5.74, 6) is 0.849. The average molecular weight is 257 g/mol. The molecule has 1 aliphatic carbocycles. The van der Waals surface area contributed by atoms with Gasteiger partial charge in [-0.2, -0.15) is 0 Å². The van der Waals surface area contributed by atoms with Crippen LogP contribution in [0.25, 0.3) is 0 Å². The number of nitrogens with one attached hydrogen (secondary N) is 2. The second-order valence-corrected chi connectivity index (χ2v) is 5.43. The molecular weight excluding hydrogens is 243 g/mol. The fourth-order valence-electron chi connectivity index (χ4n) is 2.30. The van der Waals surface area contributed by atoms with Crippen molar-refractivity contribution in [3.63, 3.8) is 0 Å². The van der Waals surface area contributed by atoms with Gasteiger partial charge in [-0.1, -0.05) is 23.2 Å². The summed E-state index contributed by atoms with van der Waals surface area (Å²) >= 11 is 12.1. The van der Waals surface area contributed by atoms with Gasteiger partial charge in [0.1, 0.15) is 0 Å². The third kappa shape index (κ3) is 1.96. The zero-order valence-corrected chi connectivity index (χ0v) is 10.4. The quantitative estimate of drug-likeness (QED) is 0.794. The normalized spacial score (nSPS) is 24.0. The number of hydrogen-bond donors (Lipinski definition) is 2. The lowest BCUT2D eigenvalue weighted by atomic mass is 10.1. The van der Waals surface area contributed by atoms with Crippen molar-refractivity contribution < 1.29 is 0 Å². The van der Waals surface area contributed by atoms with Crippen molar-refractivity contribution in [2.24, 2.45) is 5.92 Å². The van der Waals surface area contributed by atoms with E-state index in [1.807, 2.05) is 12.1 Å². The molecule has 1 aliphatic heterocycles. The molecule has 1 heterocycles. The highest BCUT2D eigenvalue weighted by Gasteiger charge is 2.32. The van der Waals surface area contributed by atoms with Crippen LogP contribution in [-0.4, -0.2) is 12.6 Å². The summed E-state index contributed by atoms with van der Waals surface area (Å²) in [5, 5.41) is 8.21. The van der Waals surface area contributed by atoms with E-state index in [2.05, 4.69) is 10.6 Å². The van der Waals surface area contributed by atoms with Crippen molar-refractivity contribution in [3.05, 3.63) is 22.2 Å². The van der Waals surface area contributed by atoms with E-state index in [4.69, 9.17) is 23.2 Å². The summed E-state index contributed by atoms with van der Waals surface area (Å²) < 4.78 is 0. The first-order chi connectivity index (χ1) is 7.74. The molecule has 0 spiro atoms. The van der Waals surface area contributed by atoms with E-state index in [1.165, 1.54) is 12.8 Å². The molecule has 1 saturated carbocycles. The van der Waals surface area contributed by atoms with Crippen molar-refractivity contribution in [3.8, 4) is 0 Å². The number of halogens is 2. The first-order valence-corrected chi connectivity index (χ1v) is 6.49. The van der Waals surface area contributed by atoms with E-state index >= 15 is 0 Å². The molecule has 1 aromatic carbocycles. The van der Waals surface area contributed by atoms with Crippen molar-refractivity contribution in [2.45, 2.75) is 25.3 Å². The Labute approximate surface area is 105 Å². The standard InChI is InChI=1S/C12H14Cl2N2/c13-8-5-11-12(6-9(8)14)16-10(3-4-15-11)7-1-2-7/h5-7,10,15-16H,1-4H2. The molecule has 2 aliphatic rings. The molecule has 4 heteroatoms. The van der Waals surface area contributed by atoms with Gasteiger partial charge in [0.2, 0.25) is 0 Å². The number of hydrogen-bond acceptors (Lipinski definition) is 2. The topological polar surface area (TPSA) is 24.1 Å². The van der Waals surface area contributed by atoms with Gasteiger partial charge in [0.15, 0.2) is 0 Å². The van der Waals surface area contributed by atoms with Gasteiger partial charge in [0.25, 0.3) is 0 Å². The maximum absolute atomic E-state index is 6.04. The Morgan fingerprint density at radius 1 is 1.00 bits per heavy atom. The minimum absolute atomic E-state index is 0.589. The van der Waals surface area contributed by atoms with Crippen LogP contribution in [0.3, 0.4) is 0 Å². The SMILES string of the molecule is Clc1cc2c(cc1Cl)NC(C1CC1)CCN2. The number of rotatable bonds is 1. The first-order valence-electron chi connectivity index (χ1n) is 5.73. The van der Waals surface area contributed by atoms with E-state index in [-0.39, 0.29) is 0 Å². The molecule has 1 fully saturated rings. The third-order valence-corrected chi connectivity index (χ3v) is 4.09. The van der Waals surface area contributed by atoms with Gasteiger partial charge in [-0.05, 0) is 37.3 Å². The molecule has 0 aromatic heterocycles. The molecule has 16 heavy (non-hydrogen) atoms. The van der Waals surface area contributed by atoms with Gasteiger partial charge in [0.05, 0.1) is 21.4 Å². The van der Waals surface area contributed by atoms with Crippen LogP contribution in [0.4, 0.5) is 11.4 Å². The molecular formula is C12H14Cl2N2. The second kappa shape index (κ2) is 4.01. The van der Waals surface area contributed by atoms with Crippen molar-refractivity contribution in [1.29, 1.82) is 0 Å². The Kier molecular flexibility index (Phi) is 2.64. The third-order valence-electron chi connectivity index (χ3n) is 3.36. The predicted octanol–water partition coefficient (Wildman–Crippen LogP) is 4.00. The van der Waals surface area contributed by atoms with Crippen LogP contribution in [-0.2, 0) is 0 Å². The molecule has 2 N–H and O–H groups in total. The van der Waals surface area contributed by atoms with Gasteiger partial charge in [-0.3, -0.25) is 0 Å². The van der Waals surface area contributed by atoms with E-state index in [0.717, 1.165) is 30.3 Å². The molecule has 1 unspecified atom stereocenters. The zero-order chi connectivity index (χ0) is 11.1. The van der Waals surface area contributed by atoms with E-state index in [9.17, 15) is 0 Å². The fraction of sp³-hybridized carbons (Fsp3) is 0.500. The average Bonchev–Trinajstić information content (AvgIpc) is 3.04. The van der Waals surface area contributed by atoms with E-state index in [1.54, 1.807) is 0 Å². The van der Waals surface area contributed by atoms with Crippen molar-refractivity contribution in [2.75, 3.05) is 17.2 Å². The van der Waals surface area contributed by atoms with Gasteiger partial charge in [-0.15, -0.1) is 0 Å². The highest BCUT2D eigenvalue weighted by molar-refractivity contribution is 6.42. The van der Waals surface area contributed by atoms with Crippen LogP contribution in [0, 0.1) is 5.92 Å². The molecule has 3 rings (SSSR count). The van der Waals surface area contributed by atoms with Crippen LogP contribution in [0.1, 0.15) is 19.3 Å². The molecule has 0 radical (unpaired) electrons. The minimum Gasteiger partial charge on any atom is -0.383 e. The van der Waals surface area contributed by atoms with E-state index in [0.29, 0.717) is 16.1 Å². The number of benzene rings is 1. The van der Waals surface area contributed by atoms with Gasteiger partial charge >= 0.3 is 0 Å². The van der Waals surface area contributed by atoms with E-state index < -0.39 is 0 Å². The lowest BCUT2D eigenvalue weighted by molar-refractivity contribution is 0.609. The smallest absolute Gasteiger partial charge is 0.0614 e. The molecule has 1 atom stereocenters. The summed E-state index contributed by atoms with van der Waals surface area (Å²) in [7, 11) is 0. The maximum atomic E-state index is 6.04. The van der Waals surface area contributed by atoms with Crippen molar-refractivity contribution >= 4 is 34.6 Å². The van der Waals surface area contributed by atoms with Gasteiger partial charge in [-0.25, -0.2) is 0 Å². The fourth-order valence-corrected chi connectivity index (χ4v) is 2.63. The predicted molar refractivity (Wildman–Crippen MR) is 69.7 cm³/mol. The summed E-state index contributed by atoms with van der Waals surface area (Å²) in [6.07, 6.45) is 3.87. The van der Waals surface area contributed by atoms with Crippen LogP contribution in [0.2, 0.25) is 10.0 Å². The molecule has 2 nitrogen and oxygen atoms in total. The van der Waals surface area contributed by atoms with Crippen molar-refractivity contribution in [1.82, 2.24) is 0 Å². The Morgan fingerprint density at radius 2 is 1.69 bits per heavy atom. The largest absolute Gasteiger partial charge is 0.383 e. The number of fused-ring (bicyclic) bond motifs is 1. The number of anilines is 2. The summed E-state index contributed by atoms with van der Waals surface area (Å²) in [5.41, 5.74) is 2.15. The minimum atomic E-state index is 0.589. The lowest BCUT2D eigenvalue weighted by Crippen LogP contribution is -2.21. The van der Waals surface area contributed by atoms with Gasteiger partial charge in [0, 0.05) is 12.6 Å². The Morgan fingerprint density at radius 3 is 2.38 bits per heavy atom. The Bertz CT molecular complexity index is 416. The lowest BCUT2D eigenvalue weighted by Gasteiger charge is -2.16. The maximum Gasteiger partial charge on any atom is 0.0614 e. The molecule has 0 saturated heterocycles.